The van der Waals surface area contributed by atoms with Crippen LogP contribution in [0.5, 0.6) is 0 Å². The number of thiophene rings is 1. The molecule has 0 atom stereocenters. The molecule has 0 spiro atoms. The number of aromatic nitrogens is 3. The maximum absolute atomic E-state index is 13.3. The van der Waals surface area contributed by atoms with Crippen LogP contribution in [0, 0.1) is 0 Å². The number of nitrogens with two attached hydrogens (primary N) is 1. The Morgan fingerprint density at radius 1 is 1.06 bits per heavy atom. The van der Waals surface area contributed by atoms with Gasteiger partial charge in [-0.25, -0.2) is 0 Å². The molecule has 0 fully saturated rings. The van der Waals surface area contributed by atoms with E-state index in [4.69, 9.17) is 5.73 Å². The second-order valence-corrected chi connectivity index (χ2v) is 8.37. The van der Waals surface area contributed by atoms with E-state index < -0.39 is 17.6 Å². The van der Waals surface area contributed by atoms with Crippen LogP contribution >= 0.6 is 23.1 Å². The third-order valence-corrected chi connectivity index (χ3v) is 6.29. The Morgan fingerprint density at radius 3 is 2.58 bits per heavy atom. The number of benzene rings is 2. The van der Waals surface area contributed by atoms with Crippen molar-refractivity contribution < 1.29 is 18.0 Å². The third-order valence-electron chi connectivity index (χ3n) is 4.45. The fourth-order valence-electron chi connectivity index (χ4n) is 3.01. The number of halogens is 3. The van der Waals surface area contributed by atoms with E-state index in [2.05, 4.69) is 10.2 Å². The first-order chi connectivity index (χ1) is 14.8. The van der Waals surface area contributed by atoms with Crippen molar-refractivity contribution in [3.63, 3.8) is 0 Å². The van der Waals surface area contributed by atoms with E-state index in [0.29, 0.717) is 33.5 Å². The lowest BCUT2D eigenvalue weighted by atomic mass is 10.1. The molecule has 31 heavy (non-hydrogen) atoms. The van der Waals surface area contributed by atoms with Crippen LogP contribution in [0.1, 0.15) is 21.5 Å². The average molecular weight is 461 g/mol. The minimum Gasteiger partial charge on any atom is -0.366 e. The molecule has 10 heteroatoms. The molecule has 0 aliphatic carbocycles. The summed E-state index contributed by atoms with van der Waals surface area (Å²) in [5.41, 5.74) is 6.08. The van der Waals surface area contributed by atoms with Crippen LogP contribution in [0.2, 0.25) is 0 Å². The van der Waals surface area contributed by atoms with Gasteiger partial charge in [0.2, 0.25) is 5.91 Å². The topological polar surface area (TPSA) is 73.8 Å². The first-order valence-electron chi connectivity index (χ1n) is 9.02. The van der Waals surface area contributed by atoms with Gasteiger partial charge in [-0.3, -0.25) is 9.36 Å². The molecule has 0 unspecified atom stereocenters. The Kier molecular flexibility index (Phi) is 5.84. The summed E-state index contributed by atoms with van der Waals surface area (Å²) in [4.78, 5) is 12.5. The summed E-state index contributed by atoms with van der Waals surface area (Å²) in [5, 5.41) is 10.7. The van der Waals surface area contributed by atoms with Crippen molar-refractivity contribution >= 4 is 29.0 Å². The molecule has 0 radical (unpaired) electrons. The summed E-state index contributed by atoms with van der Waals surface area (Å²) in [6.07, 6.45) is -4.47. The minimum atomic E-state index is -4.47. The molecule has 4 rings (SSSR count). The van der Waals surface area contributed by atoms with E-state index in [1.54, 1.807) is 34.9 Å². The summed E-state index contributed by atoms with van der Waals surface area (Å²) >= 11 is 2.68. The normalized spacial score (nSPS) is 11.6. The molecule has 0 aliphatic rings. The van der Waals surface area contributed by atoms with E-state index in [1.165, 1.54) is 29.2 Å². The third kappa shape index (κ3) is 4.49. The quantitative estimate of drug-likeness (QED) is 0.391. The van der Waals surface area contributed by atoms with E-state index >= 15 is 0 Å². The standard InChI is InChI=1S/C21H15F3N4OS2/c22-21(23,24)14-6-3-7-15(11-14)28-19(17-9-4-10-30-17)26-27-20(28)31-12-13-5-1-2-8-16(13)18(25)29/h1-11H,12H2,(H2,25,29). The van der Waals surface area contributed by atoms with Gasteiger partial charge in [-0.05, 0) is 41.3 Å². The highest BCUT2D eigenvalue weighted by Gasteiger charge is 2.31. The van der Waals surface area contributed by atoms with E-state index in [0.717, 1.165) is 17.0 Å². The van der Waals surface area contributed by atoms with Gasteiger partial charge in [0.1, 0.15) is 0 Å². The number of hydrogen-bond acceptors (Lipinski definition) is 5. The summed E-state index contributed by atoms with van der Waals surface area (Å²) in [7, 11) is 0. The second-order valence-electron chi connectivity index (χ2n) is 6.48. The van der Waals surface area contributed by atoms with Crippen LogP contribution < -0.4 is 5.73 Å². The number of rotatable bonds is 6. The summed E-state index contributed by atoms with van der Waals surface area (Å²) in [5.74, 6) is 0.246. The molecule has 0 bridgehead atoms. The number of carbonyl (C=O) groups excluding carboxylic acids is 1. The van der Waals surface area contributed by atoms with Gasteiger partial charge in [-0.1, -0.05) is 42.1 Å². The summed E-state index contributed by atoms with van der Waals surface area (Å²) in [6.45, 7) is 0. The zero-order chi connectivity index (χ0) is 22.0. The maximum Gasteiger partial charge on any atom is 0.416 e. The van der Waals surface area contributed by atoms with Crippen molar-refractivity contribution in [1.29, 1.82) is 0 Å². The first kappa shape index (κ1) is 21.1. The highest BCUT2D eigenvalue weighted by atomic mass is 32.2. The van der Waals surface area contributed by atoms with Crippen molar-refractivity contribution in [1.82, 2.24) is 14.8 Å². The number of carbonyl (C=O) groups is 1. The molecule has 0 saturated carbocycles. The SMILES string of the molecule is NC(=O)c1ccccc1CSc1nnc(-c2cccs2)n1-c1cccc(C(F)(F)F)c1. The second kappa shape index (κ2) is 8.56. The number of hydrogen-bond donors (Lipinski definition) is 1. The predicted molar refractivity (Wildman–Crippen MR) is 114 cm³/mol. The van der Waals surface area contributed by atoms with Crippen LogP contribution in [0.15, 0.2) is 71.2 Å². The molecule has 2 N–H and O–H groups in total. The molecular weight excluding hydrogens is 445 g/mol. The zero-order valence-corrected chi connectivity index (χ0v) is 17.5. The summed E-state index contributed by atoms with van der Waals surface area (Å²) < 4.78 is 41.5. The molecule has 0 aliphatic heterocycles. The lowest BCUT2D eigenvalue weighted by molar-refractivity contribution is -0.137. The van der Waals surface area contributed by atoms with Crippen molar-refractivity contribution in [2.75, 3.05) is 0 Å². The van der Waals surface area contributed by atoms with Gasteiger partial charge in [-0.15, -0.1) is 21.5 Å². The minimum absolute atomic E-state index is 0.300. The molecule has 1 amide bonds. The van der Waals surface area contributed by atoms with Gasteiger partial charge in [0.15, 0.2) is 11.0 Å². The fraction of sp³-hybridized carbons (Fsp3) is 0.0952. The smallest absolute Gasteiger partial charge is 0.366 e. The Balaban J connectivity index is 1.76. The van der Waals surface area contributed by atoms with Crippen molar-refractivity contribution in [2.24, 2.45) is 5.73 Å². The van der Waals surface area contributed by atoms with Gasteiger partial charge in [0.05, 0.1) is 16.1 Å². The lowest BCUT2D eigenvalue weighted by Crippen LogP contribution is -2.13. The highest BCUT2D eigenvalue weighted by Crippen LogP contribution is 2.35. The number of alkyl halides is 3. The largest absolute Gasteiger partial charge is 0.416 e. The van der Waals surface area contributed by atoms with Crippen molar-refractivity contribution in [3.05, 3.63) is 82.7 Å². The Bertz CT molecular complexity index is 1220. The number of primary amides is 1. The monoisotopic (exact) mass is 460 g/mol. The first-order valence-corrected chi connectivity index (χ1v) is 10.9. The van der Waals surface area contributed by atoms with Crippen LogP contribution in [0.3, 0.4) is 0 Å². The fourth-order valence-corrected chi connectivity index (χ4v) is 4.67. The Morgan fingerprint density at radius 2 is 1.87 bits per heavy atom. The molecule has 2 aromatic carbocycles. The van der Waals surface area contributed by atoms with Crippen LogP contribution in [-0.4, -0.2) is 20.7 Å². The molecule has 4 aromatic rings. The van der Waals surface area contributed by atoms with Crippen LogP contribution in [0.25, 0.3) is 16.4 Å². The van der Waals surface area contributed by atoms with E-state index in [1.807, 2.05) is 17.5 Å². The van der Waals surface area contributed by atoms with Gasteiger partial charge in [-0.2, -0.15) is 13.2 Å². The van der Waals surface area contributed by atoms with Gasteiger partial charge < -0.3 is 5.73 Å². The van der Waals surface area contributed by atoms with Crippen molar-refractivity contribution in [3.8, 4) is 16.4 Å². The molecule has 158 valence electrons. The van der Waals surface area contributed by atoms with E-state index in [9.17, 15) is 18.0 Å². The number of thioether (sulfide) groups is 1. The lowest BCUT2D eigenvalue weighted by Gasteiger charge is -2.13. The van der Waals surface area contributed by atoms with Crippen LogP contribution in [0.4, 0.5) is 13.2 Å². The number of amides is 1. The predicted octanol–water partition coefficient (Wildman–Crippen LogP) is 5.41. The van der Waals surface area contributed by atoms with Gasteiger partial charge in [0.25, 0.3) is 0 Å². The number of nitrogens with zero attached hydrogens (tertiary/aromatic N) is 3. The van der Waals surface area contributed by atoms with Crippen LogP contribution in [-0.2, 0) is 11.9 Å². The Labute approximate surface area is 183 Å². The summed E-state index contributed by atoms with van der Waals surface area (Å²) in [6, 6.07) is 15.6. The average Bonchev–Trinajstić information content (AvgIpc) is 3.41. The molecule has 2 aromatic heterocycles. The van der Waals surface area contributed by atoms with E-state index in [-0.39, 0.29) is 0 Å². The maximum atomic E-state index is 13.3. The zero-order valence-electron chi connectivity index (χ0n) is 15.8. The molecule has 5 nitrogen and oxygen atoms in total. The molecule has 2 heterocycles. The van der Waals surface area contributed by atoms with Crippen molar-refractivity contribution in [2.45, 2.75) is 17.1 Å². The van der Waals surface area contributed by atoms with Gasteiger partial charge >= 0.3 is 6.18 Å². The highest BCUT2D eigenvalue weighted by molar-refractivity contribution is 7.98. The van der Waals surface area contributed by atoms with Gasteiger partial charge in [0, 0.05) is 11.3 Å². The molecular formula is C21H15F3N4OS2. The molecule has 0 saturated heterocycles. The Hall–Kier alpha value is -3.11.